The van der Waals surface area contributed by atoms with Crippen LogP contribution in [0.1, 0.15) is 16.0 Å². The molecule has 0 aliphatic carbocycles. The monoisotopic (exact) mass is 311 g/mol. The highest BCUT2D eigenvalue weighted by Gasteiger charge is 2.11. The van der Waals surface area contributed by atoms with Crippen LogP contribution in [-0.2, 0) is 6.42 Å². The summed E-state index contributed by atoms with van der Waals surface area (Å²) in [6.07, 6.45) is 4.66. The number of rotatable bonds is 3. The highest BCUT2D eigenvalue weighted by molar-refractivity contribution is 9.09. The van der Waals surface area contributed by atoms with Gasteiger partial charge in [-0.15, -0.1) is 0 Å². The number of hydrogen-bond donors (Lipinski definition) is 0. The first-order valence-electron chi connectivity index (χ1n) is 6.35. The van der Waals surface area contributed by atoms with E-state index in [0.717, 1.165) is 6.42 Å². The third kappa shape index (κ3) is 2.69. The van der Waals surface area contributed by atoms with Crippen molar-refractivity contribution in [2.75, 3.05) is 0 Å². The molecule has 2 heteroatoms. The third-order valence-corrected chi connectivity index (χ3v) is 4.14. The number of hydrogen-bond acceptors (Lipinski definition) is 1. The minimum Gasteiger partial charge on any atom is -0.265 e. The van der Waals surface area contributed by atoms with Gasteiger partial charge in [-0.2, -0.15) is 0 Å². The van der Waals surface area contributed by atoms with Gasteiger partial charge in [0, 0.05) is 17.2 Å². The number of alkyl halides is 1. The average Bonchev–Trinajstić information content (AvgIpc) is 2.47. The summed E-state index contributed by atoms with van der Waals surface area (Å²) in [6, 6.07) is 19.1. The molecule has 0 saturated heterocycles. The first-order valence-corrected chi connectivity index (χ1v) is 7.27. The molecule has 0 saturated carbocycles. The van der Waals surface area contributed by atoms with E-state index in [1.165, 1.54) is 21.9 Å². The number of pyridine rings is 1. The Morgan fingerprint density at radius 2 is 1.63 bits per heavy atom. The molecule has 1 heterocycles. The summed E-state index contributed by atoms with van der Waals surface area (Å²) in [5.74, 6) is 0. The van der Waals surface area contributed by atoms with Crippen molar-refractivity contribution >= 4 is 26.7 Å². The SMILES string of the molecule is BrC(Cc1ccncc1)c1cccc2ccccc12. The van der Waals surface area contributed by atoms with Crippen molar-refractivity contribution in [1.82, 2.24) is 4.98 Å². The lowest BCUT2D eigenvalue weighted by atomic mass is 9.99. The smallest absolute Gasteiger partial charge is 0.0441 e. The zero-order chi connectivity index (χ0) is 13.1. The fraction of sp³-hybridized carbons (Fsp3) is 0.118. The van der Waals surface area contributed by atoms with Crippen molar-refractivity contribution in [2.24, 2.45) is 0 Å². The number of fused-ring (bicyclic) bond motifs is 1. The van der Waals surface area contributed by atoms with Gasteiger partial charge in [0.15, 0.2) is 0 Å². The second-order valence-corrected chi connectivity index (χ2v) is 5.70. The molecule has 1 nitrogen and oxygen atoms in total. The van der Waals surface area contributed by atoms with Gasteiger partial charge in [-0.05, 0) is 40.5 Å². The van der Waals surface area contributed by atoms with E-state index in [0.29, 0.717) is 4.83 Å². The van der Waals surface area contributed by atoms with E-state index < -0.39 is 0 Å². The molecule has 0 radical (unpaired) electrons. The van der Waals surface area contributed by atoms with Crippen molar-refractivity contribution < 1.29 is 0 Å². The molecule has 1 unspecified atom stereocenters. The molecule has 94 valence electrons. The second kappa shape index (κ2) is 5.54. The molecule has 3 rings (SSSR count). The molecule has 3 aromatic rings. The highest BCUT2D eigenvalue weighted by atomic mass is 79.9. The van der Waals surface area contributed by atoms with Gasteiger partial charge in [0.05, 0.1) is 0 Å². The predicted molar refractivity (Wildman–Crippen MR) is 83.6 cm³/mol. The summed E-state index contributed by atoms with van der Waals surface area (Å²) in [6.45, 7) is 0. The molecule has 0 fully saturated rings. The maximum Gasteiger partial charge on any atom is 0.0441 e. The molecule has 0 bridgehead atoms. The van der Waals surface area contributed by atoms with Crippen molar-refractivity contribution in [3.8, 4) is 0 Å². The zero-order valence-electron chi connectivity index (χ0n) is 10.5. The van der Waals surface area contributed by atoms with Crippen LogP contribution in [0.4, 0.5) is 0 Å². The molecule has 1 atom stereocenters. The first kappa shape index (κ1) is 12.4. The normalized spacial score (nSPS) is 12.5. The Kier molecular flexibility index (Phi) is 3.60. The molecule has 19 heavy (non-hydrogen) atoms. The van der Waals surface area contributed by atoms with E-state index in [9.17, 15) is 0 Å². The van der Waals surface area contributed by atoms with E-state index in [1.807, 2.05) is 12.4 Å². The summed E-state index contributed by atoms with van der Waals surface area (Å²) in [7, 11) is 0. The lowest BCUT2D eigenvalue weighted by Crippen LogP contribution is -1.96. The number of nitrogens with zero attached hydrogens (tertiary/aromatic N) is 1. The Hall–Kier alpha value is -1.67. The highest BCUT2D eigenvalue weighted by Crippen LogP contribution is 2.32. The number of halogens is 1. The van der Waals surface area contributed by atoms with Crippen LogP contribution in [-0.4, -0.2) is 4.98 Å². The Balaban J connectivity index is 1.96. The van der Waals surface area contributed by atoms with Gasteiger partial charge in [-0.3, -0.25) is 4.98 Å². The molecule has 0 amide bonds. The second-order valence-electron chi connectivity index (χ2n) is 4.60. The minimum absolute atomic E-state index is 0.320. The van der Waals surface area contributed by atoms with Crippen molar-refractivity contribution in [2.45, 2.75) is 11.2 Å². The number of benzene rings is 2. The maximum absolute atomic E-state index is 4.06. The van der Waals surface area contributed by atoms with E-state index in [1.54, 1.807) is 0 Å². The lowest BCUT2D eigenvalue weighted by Gasteiger charge is -2.13. The summed E-state index contributed by atoms with van der Waals surface area (Å²) in [4.78, 5) is 4.38. The van der Waals surface area contributed by atoms with Crippen LogP contribution >= 0.6 is 15.9 Å². The Labute approximate surface area is 121 Å². The van der Waals surface area contributed by atoms with Gasteiger partial charge < -0.3 is 0 Å². The van der Waals surface area contributed by atoms with Crippen LogP contribution in [0.25, 0.3) is 10.8 Å². The summed E-state index contributed by atoms with van der Waals surface area (Å²) < 4.78 is 0. The summed E-state index contributed by atoms with van der Waals surface area (Å²) in [5.41, 5.74) is 2.64. The largest absolute Gasteiger partial charge is 0.265 e. The molecule has 0 N–H and O–H groups in total. The topological polar surface area (TPSA) is 12.9 Å². The lowest BCUT2D eigenvalue weighted by molar-refractivity contribution is 0.953. The van der Waals surface area contributed by atoms with E-state index >= 15 is 0 Å². The Bertz CT molecular complexity index is 674. The predicted octanol–water partition coefficient (Wildman–Crippen LogP) is 4.91. The van der Waals surface area contributed by atoms with Crippen molar-refractivity contribution in [1.29, 1.82) is 0 Å². The maximum atomic E-state index is 4.06. The van der Waals surface area contributed by atoms with Crippen LogP contribution in [0.3, 0.4) is 0 Å². The molecular formula is C17H14BrN. The van der Waals surface area contributed by atoms with E-state index in [-0.39, 0.29) is 0 Å². The van der Waals surface area contributed by atoms with E-state index in [4.69, 9.17) is 0 Å². The Morgan fingerprint density at radius 1 is 0.895 bits per heavy atom. The molecule has 2 aromatic carbocycles. The van der Waals surface area contributed by atoms with Gasteiger partial charge in [0.25, 0.3) is 0 Å². The Morgan fingerprint density at radius 3 is 2.47 bits per heavy atom. The molecule has 0 aliphatic heterocycles. The van der Waals surface area contributed by atoms with Crippen molar-refractivity contribution in [3.63, 3.8) is 0 Å². The molecule has 0 spiro atoms. The van der Waals surface area contributed by atoms with Gasteiger partial charge >= 0.3 is 0 Å². The third-order valence-electron chi connectivity index (χ3n) is 3.33. The van der Waals surface area contributed by atoms with Crippen molar-refractivity contribution in [3.05, 3.63) is 78.1 Å². The zero-order valence-corrected chi connectivity index (χ0v) is 12.0. The van der Waals surface area contributed by atoms with Gasteiger partial charge in [-0.1, -0.05) is 58.4 Å². The van der Waals surface area contributed by atoms with Crippen LogP contribution in [0.2, 0.25) is 0 Å². The summed E-state index contributed by atoms with van der Waals surface area (Å²) in [5, 5.41) is 2.61. The molecule has 1 aromatic heterocycles. The fourth-order valence-corrected chi connectivity index (χ4v) is 3.13. The van der Waals surface area contributed by atoms with Gasteiger partial charge in [0.2, 0.25) is 0 Å². The fourth-order valence-electron chi connectivity index (χ4n) is 2.36. The average molecular weight is 312 g/mol. The van der Waals surface area contributed by atoms with Crippen LogP contribution in [0.15, 0.2) is 67.0 Å². The van der Waals surface area contributed by atoms with E-state index in [2.05, 4.69) is 75.5 Å². The standard InChI is InChI=1S/C17H14BrN/c18-17(12-13-8-10-19-11-9-13)16-7-3-5-14-4-1-2-6-15(14)16/h1-11,17H,12H2. The molecular weight excluding hydrogens is 298 g/mol. The summed E-state index contributed by atoms with van der Waals surface area (Å²) >= 11 is 3.82. The molecule has 0 aliphatic rings. The van der Waals surface area contributed by atoms with Crippen LogP contribution < -0.4 is 0 Å². The first-order chi connectivity index (χ1) is 9.34. The minimum atomic E-state index is 0.320. The van der Waals surface area contributed by atoms with Gasteiger partial charge in [0.1, 0.15) is 0 Å². The van der Waals surface area contributed by atoms with Gasteiger partial charge in [-0.25, -0.2) is 0 Å². The quantitative estimate of drug-likeness (QED) is 0.626. The van der Waals surface area contributed by atoms with Crippen LogP contribution in [0, 0.1) is 0 Å². The van der Waals surface area contributed by atoms with Crippen LogP contribution in [0.5, 0.6) is 0 Å². The number of aromatic nitrogens is 1.